The molecule has 1 saturated heterocycles. The molecule has 0 aliphatic carbocycles. The number of hydrogen-bond acceptors (Lipinski definition) is 4. The van der Waals surface area contributed by atoms with Crippen molar-refractivity contribution in [3.63, 3.8) is 0 Å². The topological polar surface area (TPSA) is 70.4 Å². The highest BCUT2D eigenvalue weighted by molar-refractivity contribution is 5.91. The fourth-order valence-electron chi connectivity index (χ4n) is 4.16. The summed E-state index contributed by atoms with van der Waals surface area (Å²) in [5.74, 6) is -0.410. The van der Waals surface area contributed by atoms with Crippen molar-refractivity contribution in [1.29, 1.82) is 0 Å². The maximum absolute atomic E-state index is 14.9. The highest BCUT2D eigenvalue weighted by Gasteiger charge is 2.26. The van der Waals surface area contributed by atoms with Gasteiger partial charge in [-0.3, -0.25) is 10.0 Å². The number of likely N-dealkylation sites (N-methyl/N-ethyl adjacent to an activating group) is 1. The van der Waals surface area contributed by atoms with E-state index >= 15 is 0 Å². The number of hydrogen-bond donors (Lipinski definition) is 2. The van der Waals surface area contributed by atoms with Crippen molar-refractivity contribution < 1.29 is 14.4 Å². The zero-order chi connectivity index (χ0) is 21.1. The van der Waals surface area contributed by atoms with E-state index in [4.69, 9.17) is 10.2 Å². The molecule has 0 spiro atoms. The number of para-hydroxylation sites is 2. The van der Waals surface area contributed by atoms with Crippen LogP contribution < -0.4 is 5.48 Å². The minimum absolute atomic E-state index is 0.208. The molecule has 0 bridgehead atoms. The van der Waals surface area contributed by atoms with Crippen molar-refractivity contribution in [2.75, 3.05) is 19.6 Å². The minimum atomic E-state index is -0.644. The molecule has 2 heterocycles. The zero-order valence-electron chi connectivity index (χ0n) is 16.9. The summed E-state index contributed by atoms with van der Waals surface area (Å²) in [6, 6.07) is 12.8. The van der Waals surface area contributed by atoms with Crippen molar-refractivity contribution >= 4 is 23.0 Å². The van der Waals surface area contributed by atoms with E-state index < -0.39 is 5.91 Å². The Morgan fingerprint density at radius 3 is 2.97 bits per heavy atom. The number of imidazole rings is 1. The van der Waals surface area contributed by atoms with Gasteiger partial charge in [0, 0.05) is 18.7 Å². The lowest BCUT2D eigenvalue weighted by molar-refractivity contribution is -0.124. The summed E-state index contributed by atoms with van der Waals surface area (Å²) in [6.07, 6.45) is 4.83. The number of hydroxylamine groups is 1. The minimum Gasteiger partial charge on any atom is -0.319 e. The molecular weight excluding hydrogens is 383 g/mol. The smallest absolute Gasteiger partial charge is 0.267 e. The first-order valence-electron chi connectivity index (χ1n) is 10.2. The maximum atomic E-state index is 14.9. The SMILES string of the molecule is CCN1CCCC(n2c(-c3cc(C=CC(=O)NO)ccc3F)nc3ccccc32)C1. The lowest BCUT2D eigenvalue weighted by Crippen LogP contribution is -2.36. The summed E-state index contributed by atoms with van der Waals surface area (Å²) in [6.45, 7) is 5.13. The van der Waals surface area contributed by atoms with Crippen LogP contribution >= 0.6 is 0 Å². The van der Waals surface area contributed by atoms with Crippen LogP contribution in [-0.2, 0) is 4.79 Å². The average molecular weight is 408 g/mol. The van der Waals surface area contributed by atoms with Crippen LogP contribution in [0.2, 0.25) is 0 Å². The molecule has 6 nitrogen and oxygen atoms in total. The number of likely N-dealkylation sites (tertiary alicyclic amines) is 1. The maximum Gasteiger partial charge on any atom is 0.267 e. The third-order valence-electron chi connectivity index (χ3n) is 5.66. The first-order valence-corrected chi connectivity index (χ1v) is 10.2. The van der Waals surface area contributed by atoms with Gasteiger partial charge < -0.3 is 9.47 Å². The third-order valence-corrected chi connectivity index (χ3v) is 5.66. The fourth-order valence-corrected chi connectivity index (χ4v) is 4.16. The molecule has 2 N–H and O–H groups in total. The van der Waals surface area contributed by atoms with Crippen LogP contribution in [0.4, 0.5) is 4.39 Å². The first-order chi connectivity index (χ1) is 14.6. The lowest BCUT2D eigenvalue weighted by Gasteiger charge is -2.33. The number of nitrogens with zero attached hydrogens (tertiary/aromatic N) is 3. The van der Waals surface area contributed by atoms with Gasteiger partial charge in [0.1, 0.15) is 11.6 Å². The molecule has 1 aromatic heterocycles. The van der Waals surface area contributed by atoms with Crippen LogP contribution in [0, 0.1) is 5.82 Å². The van der Waals surface area contributed by atoms with Crippen LogP contribution in [0.15, 0.2) is 48.5 Å². The Balaban J connectivity index is 1.83. The Kier molecular flexibility index (Phi) is 5.92. The number of benzene rings is 2. The predicted octanol–water partition coefficient (Wildman–Crippen LogP) is 4.02. The summed E-state index contributed by atoms with van der Waals surface area (Å²) < 4.78 is 17.1. The number of carbonyl (C=O) groups is 1. The molecule has 0 radical (unpaired) electrons. The fraction of sp³-hybridized carbons (Fsp3) is 0.304. The Hall–Kier alpha value is -3.03. The number of amides is 1. The van der Waals surface area contributed by atoms with E-state index in [2.05, 4.69) is 16.4 Å². The number of piperidine rings is 1. The zero-order valence-corrected chi connectivity index (χ0v) is 16.9. The standard InChI is InChI=1S/C23H25FN4O2/c1-2-27-13-5-6-17(15-27)28-21-8-4-3-7-20(21)25-23(28)18-14-16(9-11-19(18)24)10-12-22(29)26-30/h3-4,7-12,14,17,30H,2,5-6,13,15H2,1H3,(H,26,29). The van der Waals surface area contributed by atoms with Crippen LogP contribution in [0.25, 0.3) is 28.5 Å². The number of fused-ring (bicyclic) bond motifs is 1. The van der Waals surface area contributed by atoms with Gasteiger partial charge in [-0.05, 0) is 61.8 Å². The molecule has 1 amide bonds. The number of nitrogens with one attached hydrogen (secondary N) is 1. The van der Waals surface area contributed by atoms with E-state index in [1.807, 2.05) is 24.3 Å². The van der Waals surface area contributed by atoms with Crippen molar-refractivity contribution in [3.05, 3.63) is 59.9 Å². The quantitative estimate of drug-likeness (QED) is 0.380. The molecule has 1 aliphatic heterocycles. The van der Waals surface area contributed by atoms with Crippen molar-refractivity contribution in [3.8, 4) is 11.4 Å². The van der Waals surface area contributed by atoms with E-state index in [0.29, 0.717) is 17.0 Å². The van der Waals surface area contributed by atoms with Gasteiger partial charge in [-0.25, -0.2) is 14.9 Å². The van der Waals surface area contributed by atoms with Gasteiger partial charge in [-0.1, -0.05) is 25.1 Å². The summed E-state index contributed by atoms with van der Waals surface area (Å²) >= 11 is 0. The first kappa shape index (κ1) is 20.3. The van der Waals surface area contributed by atoms with Crippen LogP contribution in [0.3, 0.4) is 0 Å². The monoisotopic (exact) mass is 408 g/mol. The molecule has 1 aliphatic rings. The summed E-state index contributed by atoms with van der Waals surface area (Å²) in [5, 5.41) is 8.66. The van der Waals surface area contributed by atoms with Gasteiger partial charge >= 0.3 is 0 Å². The molecule has 1 atom stereocenters. The third kappa shape index (κ3) is 3.99. The summed E-state index contributed by atoms with van der Waals surface area (Å²) in [5.41, 5.74) is 4.42. The highest BCUT2D eigenvalue weighted by atomic mass is 19.1. The van der Waals surface area contributed by atoms with E-state index in [1.165, 1.54) is 18.2 Å². The highest BCUT2D eigenvalue weighted by Crippen LogP contribution is 2.34. The largest absolute Gasteiger partial charge is 0.319 e. The predicted molar refractivity (Wildman–Crippen MR) is 114 cm³/mol. The molecular formula is C23H25FN4O2. The Morgan fingerprint density at radius 1 is 1.33 bits per heavy atom. The van der Waals surface area contributed by atoms with Gasteiger partial charge in [0.05, 0.1) is 16.6 Å². The van der Waals surface area contributed by atoms with E-state index in [9.17, 15) is 9.18 Å². The van der Waals surface area contributed by atoms with E-state index in [0.717, 1.165) is 43.5 Å². The van der Waals surface area contributed by atoms with Gasteiger partial charge in [-0.2, -0.15) is 0 Å². The van der Waals surface area contributed by atoms with Crippen LogP contribution in [0.5, 0.6) is 0 Å². The van der Waals surface area contributed by atoms with Crippen molar-refractivity contribution in [2.24, 2.45) is 0 Å². The number of carbonyl (C=O) groups excluding carboxylic acids is 1. The lowest BCUT2D eigenvalue weighted by atomic mass is 10.0. The number of aromatic nitrogens is 2. The van der Waals surface area contributed by atoms with E-state index in [1.54, 1.807) is 17.6 Å². The molecule has 3 aromatic rings. The second-order valence-corrected chi connectivity index (χ2v) is 7.53. The summed E-state index contributed by atoms with van der Waals surface area (Å²) in [4.78, 5) is 18.5. The molecule has 156 valence electrons. The normalized spacial score (nSPS) is 17.6. The Morgan fingerprint density at radius 2 is 2.17 bits per heavy atom. The molecule has 0 saturated carbocycles. The molecule has 2 aromatic carbocycles. The Bertz CT molecular complexity index is 1090. The molecule has 1 unspecified atom stereocenters. The van der Waals surface area contributed by atoms with Crippen LogP contribution in [-0.4, -0.2) is 45.2 Å². The van der Waals surface area contributed by atoms with Crippen LogP contribution in [0.1, 0.15) is 31.4 Å². The Labute approximate surface area is 174 Å². The van der Waals surface area contributed by atoms with Gasteiger partial charge in [0.2, 0.25) is 0 Å². The molecule has 7 heteroatoms. The van der Waals surface area contributed by atoms with Crippen molar-refractivity contribution in [2.45, 2.75) is 25.8 Å². The molecule has 1 fully saturated rings. The molecule has 4 rings (SSSR count). The van der Waals surface area contributed by atoms with E-state index in [-0.39, 0.29) is 11.9 Å². The number of rotatable bonds is 5. The van der Waals surface area contributed by atoms with Gasteiger partial charge in [0.25, 0.3) is 5.91 Å². The average Bonchev–Trinajstić information content (AvgIpc) is 3.17. The summed E-state index contributed by atoms with van der Waals surface area (Å²) in [7, 11) is 0. The second kappa shape index (κ2) is 8.77. The molecule has 30 heavy (non-hydrogen) atoms. The second-order valence-electron chi connectivity index (χ2n) is 7.53. The number of halogens is 1. The van der Waals surface area contributed by atoms with Gasteiger partial charge in [0.15, 0.2) is 0 Å². The van der Waals surface area contributed by atoms with Crippen molar-refractivity contribution in [1.82, 2.24) is 19.9 Å². The van der Waals surface area contributed by atoms with Gasteiger partial charge in [-0.15, -0.1) is 0 Å².